The predicted octanol–water partition coefficient (Wildman–Crippen LogP) is 3.22. The molecule has 0 amide bonds. The van der Waals surface area contributed by atoms with Gasteiger partial charge in [0, 0.05) is 5.56 Å². The lowest BCUT2D eigenvalue weighted by atomic mass is 10.0. The topological polar surface area (TPSA) is 38.7 Å². The summed E-state index contributed by atoms with van der Waals surface area (Å²) >= 11 is 0. The maximum absolute atomic E-state index is 13.3. The van der Waals surface area contributed by atoms with E-state index in [1.54, 1.807) is 18.2 Å². The summed E-state index contributed by atoms with van der Waals surface area (Å²) in [7, 11) is 3.02. The van der Waals surface area contributed by atoms with Crippen molar-refractivity contribution in [2.75, 3.05) is 14.2 Å². The van der Waals surface area contributed by atoms with Gasteiger partial charge in [0.2, 0.25) is 0 Å². The van der Waals surface area contributed by atoms with E-state index in [1.807, 2.05) is 0 Å². The van der Waals surface area contributed by atoms with Crippen LogP contribution in [0.2, 0.25) is 0 Å². The van der Waals surface area contributed by atoms with Crippen LogP contribution in [0.15, 0.2) is 36.4 Å². The fraction of sp³-hybridized carbons (Fsp3) is 0.143. The van der Waals surface area contributed by atoms with Crippen molar-refractivity contribution >= 4 is 0 Å². The molecule has 1 N–H and O–H groups in total. The van der Waals surface area contributed by atoms with Crippen molar-refractivity contribution < 1.29 is 19.0 Å². The van der Waals surface area contributed by atoms with Gasteiger partial charge in [0.15, 0.2) is 0 Å². The minimum atomic E-state index is -0.434. The molecule has 0 fully saturated rings. The summed E-state index contributed by atoms with van der Waals surface area (Å²) in [4.78, 5) is 0. The molecule has 0 radical (unpaired) electrons. The van der Waals surface area contributed by atoms with Gasteiger partial charge >= 0.3 is 0 Å². The molecule has 0 spiro atoms. The standard InChI is InChI=1S/C14H13FO3/c1-17-12-4-3-5-13(18-2)14(12)10-8-9(15)6-7-11(10)16/h3-8,16H,1-2H3. The number of rotatable bonds is 3. The molecule has 3 nitrogen and oxygen atoms in total. The number of hydrogen-bond acceptors (Lipinski definition) is 3. The average Bonchev–Trinajstić information content (AvgIpc) is 2.40. The van der Waals surface area contributed by atoms with Crippen LogP contribution in [-0.4, -0.2) is 19.3 Å². The first-order chi connectivity index (χ1) is 8.67. The van der Waals surface area contributed by atoms with Crippen LogP contribution >= 0.6 is 0 Å². The largest absolute Gasteiger partial charge is 0.507 e. The zero-order valence-electron chi connectivity index (χ0n) is 10.1. The summed E-state index contributed by atoms with van der Waals surface area (Å²) in [5, 5.41) is 9.85. The molecular formula is C14H13FO3. The number of benzene rings is 2. The zero-order valence-corrected chi connectivity index (χ0v) is 10.1. The average molecular weight is 248 g/mol. The van der Waals surface area contributed by atoms with Gasteiger partial charge in [-0.2, -0.15) is 0 Å². The van der Waals surface area contributed by atoms with Gasteiger partial charge in [-0.15, -0.1) is 0 Å². The summed E-state index contributed by atoms with van der Waals surface area (Å²) in [5.74, 6) is 0.556. The summed E-state index contributed by atoms with van der Waals surface area (Å²) in [6.45, 7) is 0. The molecule has 2 aromatic carbocycles. The second kappa shape index (κ2) is 4.96. The lowest BCUT2D eigenvalue weighted by Gasteiger charge is -2.14. The highest BCUT2D eigenvalue weighted by Crippen LogP contribution is 2.42. The number of halogens is 1. The Morgan fingerprint density at radius 1 is 1.00 bits per heavy atom. The molecule has 18 heavy (non-hydrogen) atoms. The molecule has 0 aliphatic rings. The number of hydrogen-bond donors (Lipinski definition) is 1. The number of ether oxygens (including phenoxy) is 2. The van der Waals surface area contributed by atoms with Crippen LogP contribution in [0.4, 0.5) is 4.39 Å². The quantitative estimate of drug-likeness (QED) is 0.906. The Hall–Kier alpha value is -2.23. The molecule has 4 heteroatoms. The summed E-state index contributed by atoms with van der Waals surface area (Å²) in [6, 6.07) is 8.95. The van der Waals surface area contributed by atoms with Crippen LogP contribution in [0.3, 0.4) is 0 Å². The Bertz CT molecular complexity index is 545. The third kappa shape index (κ3) is 2.09. The molecule has 2 aromatic rings. The Kier molecular flexibility index (Phi) is 3.37. The van der Waals surface area contributed by atoms with E-state index in [1.165, 1.54) is 32.4 Å². The maximum atomic E-state index is 13.3. The third-order valence-electron chi connectivity index (χ3n) is 2.66. The second-order valence-electron chi connectivity index (χ2n) is 3.70. The van der Waals surface area contributed by atoms with E-state index in [4.69, 9.17) is 9.47 Å². The highest BCUT2D eigenvalue weighted by Gasteiger charge is 2.16. The van der Waals surface area contributed by atoms with Crippen LogP contribution in [-0.2, 0) is 0 Å². The minimum absolute atomic E-state index is 0.0285. The van der Waals surface area contributed by atoms with Crippen molar-refractivity contribution in [1.29, 1.82) is 0 Å². The van der Waals surface area contributed by atoms with Gasteiger partial charge in [0.05, 0.1) is 19.8 Å². The van der Waals surface area contributed by atoms with Gasteiger partial charge in [-0.3, -0.25) is 0 Å². The van der Waals surface area contributed by atoms with Gasteiger partial charge < -0.3 is 14.6 Å². The third-order valence-corrected chi connectivity index (χ3v) is 2.66. The summed E-state index contributed by atoms with van der Waals surface area (Å²) < 4.78 is 23.8. The zero-order chi connectivity index (χ0) is 13.1. The van der Waals surface area contributed by atoms with E-state index < -0.39 is 5.82 Å². The second-order valence-corrected chi connectivity index (χ2v) is 3.70. The van der Waals surface area contributed by atoms with Crippen molar-refractivity contribution in [3.63, 3.8) is 0 Å². The van der Waals surface area contributed by atoms with Gasteiger partial charge in [-0.1, -0.05) is 6.07 Å². The van der Waals surface area contributed by atoms with Gasteiger partial charge in [0.1, 0.15) is 23.1 Å². The summed E-state index contributed by atoms with van der Waals surface area (Å²) in [5.41, 5.74) is 0.865. The lowest BCUT2D eigenvalue weighted by Crippen LogP contribution is -1.93. The molecule has 2 rings (SSSR count). The van der Waals surface area contributed by atoms with E-state index >= 15 is 0 Å². The molecule has 0 aliphatic carbocycles. The lowest BCUT2D eigenvalue weighted by molar-refractivity contribution is 0.396. The number of methoxy groups -OCH3 is 2. The molecule has 0 atom stereocenters. The van der Waals surface area contributed by atoms with E-state index in [9.17, 15) is 9.50 Å². The van der Waals surface area contributed by atoms with Crippen molar-refractivity contribution in [3.8, 4) is 28.4 Å². The molecule has 0 saturated heterocycles. The Morgan fingerprint density at radius 2 is 1.61 bits per heavy atom. The molecule has 0 unspecified atom stereocenters. The first-order valence-electron chi connectivity index (χ1n) is 5.37. The van der Waals surface area contributed by atoms with Crippen LogP contribution in [0, 0.1) is 5.82 Å². The number of phenolic OH excluding ortho intramolecular Hbond substituents is 1. The SMILES string of the molecule is COc1cccc(OC)c1-c1cc(F)ccc1O. The Labute approximate surface area is 104 Å². The highest BCUT2D eigenvalue weighted by atomic mass is 19.1. The predicted molar refractivity (Wildman–Crippen MR) is 66.6 cm³/mol. The molecular weight excluding hydrogens is 235 g/mol. The highest BCUT2D eigenvalue weighted by molar-refractivity contribution is 5.80. The minimum Gasteiger partial charge on any atom is -0.507 e. The van der Waals surface area contributed by atoms with Gasteiger partial charge in [-0.25, -0.2) is 4.39 Å². The van der Waals surface area contributed by atoms with Crippen LogP contribution in [0.5, 0.6) is 17.2 Å². The smallest absolute Gasteiger partial charge is 0.130 e. The van der Waals surface area contributed by atoms with Crippen molar-refractivity contribution in [1.82, 2.24) is 0 Å². The van der Waals surface area contributed by atoms with Crippen LogP contribution < -0.4 is 9.47 Å². The normalized spacial score (nSPS) is 10.2. The molecule has 94 valence electrons. The fourth-order valence-corrected chi connectivity index (χ4v) is 1.83. The van der Waals surface area contributed by atoms with E-state index in [2.05, 4.69) is 0 Å². The molecule has 0 bridgehead atoms. The van der Waals surface area contributed by atoms with Gasteiger partial charge in [0.25, 0.3) is 0 Å². The van der Waals surface area contributed by atoms with Crippen LogP contribution in [0.1, 0.15) is 0 Å². The molecule has 0 saturated carbocycles. The van der Waals surface area contributed by atoms with E-state index in [0.29, 0.717) is 22.6 Å². The first-order valence-corrected chi connectivity index (χ1v) is 5.37. The van der Waals surface area contributed by atoms with Gasteiger partial charge in [-0.05, 0) is 30.3 Å². The Balaban J connectivity index is 2.72. The van der Waals surface area contributed by atoms with Crippen LogP contribution in [0.25, 0.3) is 11.1 Å². The van der Waals surface area contributed by atoms with E-state index in [0.717, 1.165) is 0 Å². The first kappa shape index (κ1) is 12.2. The monoisotopic (exact) mass is 248 g/mol. The summed E-state index contributed by atoms with van der Waals surface area (Å²) in [6.07, 6.45) is 0. The van der Waals surface area contributed by atoms with E-state index in [-0.39, 0.29) is 5.75 Å². The van der Waals surface area contributed by atoms with Crippen molar-refractivity contribution in [2.45, 2.75) is 0 Å². The Morgan fingerprint density at radius 3 is 2.17 bits per heavy atom. The fourth-order valence-electron chi connectivity index (χ4n) is 1.83. The number of aromatic hydroxyl groups is 1. The maximum Gasteiger partial charge on any atom is 0.130 e. The number of phenols is 1. The molecule has 0 aromatic heterocycles. The molecule has 0 heterocycles. The molecule has 0 aliphatic heterocycles. The van der Waals surface area contributed by atoms with Crippen molar-refractivity contribution in [2.24, 2.45) is 0 Å². The van der Waals surface area contributed by atoms with Crippen molar-refractivity contribution in [3.05, 3.63) is 42.2 Å².